The van der Waals surface area contributed by atoms with Crippen molar-refractivity contribution in [1.29, 1.82) is 0 Å². The fraction of sp³-hybridized carbons (Fsp3) is 0.308. The number of aliphatic carboxylic acids is 1. The Morgan fingerprint density at radius 1 is 1.29 bits per heavy atom. The molecule has 1 aromatic rings. The number of hydrogen-bond acceptors (Lipinski definition) is 3. The second kappa shape index (κ2) is 6.68. The van der Waals surface area contributed by atoms with E-state index in [0.717, 1.165) is 0 Å². The smallest absolute Gasteiger partial charge is 0.345 e. The maximum absolute atomic E-state index is 11.6. The Hall–Kier alpha value is -1.84. The first-order valence-electron chi connectivity index (χ1n) is 5.43. The van der Waals surface area contributed by atoms with Crippen LogP contribution in [0.1, 0.15) is 29.6 Å². The van der Waals surface area contributed by atoms with E-state index in [-0.39, 0.29) is 6.42 Å². The number of esters is 1. The van der Waals surface area contributed by atoms with Gasteiger partial charge in [-0.2, -0.15) is 0 Å². The van der Waals surface area contributed by atoms with Gasteiger partial charge in [-0.25, -0.2) is 9.59 Å². The molecule has 0 saturated heterocycles. The van der Waals surface area contributed by atoms with Crippen LogP contribution < -0.4 is 0 Å². The monoisotopic (exact) mass is 235 g/mol. The van der Waals surface area contributed by atoms with Gasteiger partial charge < -0.3 is 9.84 Å². The van der Waals surface area contributed by atoms with Gasteiger partial charge >= 0.3 is 11.9 Å². The van der Waals surface area contributed by atoms with Gasteiger partial charge in [-0.1, -0.05) is 31.5 Å². The Labute approximate surface area is 100 Å². The van der Waals surface area contributed by atoms with Gasteiger partial charge in [0, 0.05) is 0 Å². The Morgan fingerprint density at radius 2 is 1.94 bits per heavy atom. The van der Waals surface area contributed by atoms with E-state index in [9.17, 15) is 9.59 Å². The lowest BCUT2D eigenvalue weighted by molar-refractivity contribution is -0.147. The molecular weight excluding hydrogens is 220 g/mol. The minimum absolute atomic E-state index is 0.289. The Morgan fingerprint density at radius 3 is 2.47 bits per heavy atom. The zero-order chi connectivity index (χ0) is 12.7. The minimum atomic E-state index is -1.12. The molecule has 1 atom stereocenters. The molecule has 91 valence electrons. The molecule has 0 aliphatic heterocycles. The van der Waals surface area contributed by atoms with Crippen LogP contribution in [0.5, 0.6) is 0 Å². The van der Waals surface area contributed by atoms with E-state index in [4.69, 9.17) is 9.84 Å². The highest BCUT2D eigenvalue weighted by Crippen LogP contribution is 2.09. The highest BCUT2D eigenvalue weighted by molar-refractivity contribution is 5.91. The molecule has 0 amide bonds. The summed E-state index contributed by atoms with van der Waals surface area (Å²) >= 11 is 0. The van der Waals surface area contributed by atoms with E-state index in [0.29, 0.717) is 18.4 Å². The van der Waals surface area contributed by atoms with Gasteiger partial charge in [0.15, 0.2) is 6.10 Å². The van der Waals surface area contributed by atoms with Crippen LogP contribution in [-0.4, -0.2) is 23.1 Å². The lowest BCUT2D eigenvalue weighted by Gasteiger charge is -2.13. The van der Waals surface area contributed by atoms with E-state index >= 15 is 0 Å². The molecular formula is C13H15O4. The molecule has 1 unspecified atom stereocenters. The van der Waals surface area contributed by atoms with Crippen molar-refractivity contribution in [3.63, 3.8) is 0 Å². The van der Waals surface area contributed by atoms with Gasteiger partial charge in [0.05, 0.1) is 5.56 Å². The average Bonchev–Trinajstić information content (AvgIpc) is 2.35. The number of carbonyl (C=O) groups is 2. The predicted molar refractivity (Wildman–Crippen MR) is 62.5 cm³/mol. The fourth-order valence-corrected chi connectivity index (χ4v) is 1.33. The summed E-state index contributed by atoms with van der Waals surface area (Å²) in [7, 11) is 0. The van der Waals surface area contributed by atoms with Crippen LogP contribution in [0.2, 0.25) is 0 Å². The summed E-state index contributed by atoms with van der Waals surface area (Å²) in [6.45, 7) is 3.62. The van der Waals surface area contributed by atoms with Crippen LogP contribution >= 0.6 is 0 Å². The number of carboxylic acids is 1. The number of rotatable bonds is 6. The maximum Gasteiger partial charge on any atom is 0.345 e. The van der Waals surface area contributed by atoms with Crippen molar-refractivity contribution in [2.75, 3.05) is 0 Å². The second-order valence-electron chi connectivity index (χ2n) is 3.59. The summed E-state index contributed by atoms with van der Waals surface area (Å²) in [5.41, 5.74) is 0.355. The number of ether oxygens (including phenoxy) is 1. The molecule has 0 bridgehead atoms. The largest absolute Gasteiger partial charge is 0.479 e. The minimum Gasteiger partial charge on any atom is -0.479 e. The molecule has 4 nitrogen and oxygen atoms in total. The molecule has 1 rings (SSSR count). The topological polar surface area (TPSA) is 63.6 Å². The Kier molecular flexibility index (Phi) is 5.20. The van der Waals surface area contributed by atoms with Crippen LogP contribution in [0.4, 0.5) is 0 Å². The van der Waals surface area contributed by atoms with Gasteiger partial charge in [0.1, 0.15) is 0 Å². The summed E-state index contributed by atoms with van der Waals surface area (Å²) in [4.78, 5) is 22.5. The number of unbranched alkanes of at least 4 members (excludes halogenated alkanes) is 1. The van der Waals surface area contributed by atoms with Gasteiger partial charge in [-0.05, 0) is 25.0 Å². The normalized spacial score (nSPS) is 11.8. The molecule has 1 radical (unpaired) electrons. The van der Waals surface area contributed by atoms with Gasteiger partial charge in [-0.15, -0.1) is 0 Å². The Bertz CT molecular complexity index is 372. The number of benzene rings is 1. The van der Waals surface area contributed by atoms with Crippen LogP contribution in [0.25, 0.3) is 0 Å². The standard InChI is InChI=1S/C13H15O4/c1-2-3-9-11(12(14)15)17-13(16)10-7-5-4-6-8-10/h4-8,11H,1-3,9H2,(H,14,15). The predicted octanol–water partition coefficient (Wildman–Crippen LogP) is 2.30. The quantitative estimate of drug-likeness (QED) is 0.768. The van der Waals surface area contributed by atoms with Crippen LogP contribution in [0.3, 0.4) is 0 Å². The molecule has 0 aliphatic carbocycles. The zero-order valence-corrected chi connectivity index (χ0v) is 9.46. The molecule has 1 N–H and O–H groups in total. The van der Waals surface area contributed by atoms with Crippen LogP contribution in [-0.2, 0) is 9.53 Å². The van der Waals surface area contributed by atoms with E-state index in [1.807, 2.05) is 0 Å². The van der Waals surface area contributed by atoms with Crippen molar-refractivity contribution in [3.05, 3.63) is 42.8 Å². The highest BCUT2D eigenvalue weighted by Gasteiger charge is 2.22. The van der Waals surface area contributed by atoms with E-state index < -0.39 is 18.0 Å². The van der Waals surface area contributed by atoms with Gasteiger partial charge in [0.25, 0.3) is 0 Å². The molecule has 0 aromatic heterocycles. The molecule has 4 heteroatoms. The first kappa shape index (κ1) is 13.2. The summed E-state index contributed by atoms with van der Waals surface area (Å²) < 4.78 is 4.93. The number of carboxylic acid groups (broad SMARTS) is 1. The third-order valence-electron chi connectivity index (χ3n) is 2.25. The van der Waals surface area contributed by atoms with Crippen molar-refractivity contribution < 1.29 is 19.4 Å². The van der Waals surface area contributed by atoms with Crippen molar-refractivity contribution in [2.45, 2.75) is 25.4 Å². The first-order valence-corrected chi connectivity index (χ1v) is 5.43. The third kappa shape index (κ3) is 4.26. The lowest BCUT2D eigenvalue weighted by Crippen LogP contribution is -2.27. The summed E-state index contributed by atoms with van der Waals surface area (Å²) in [5, 5.41) is 8.90. The summed E-state index contributed by atoms with van der Waals surface area (Å²) in [5.74, 6) is -1.73. The molecule has 1 aromatic carbocycles. The lowest BCUT2D eigenvalue weighted by atomic mass is 10.1. The molecule has 0 aliphatic rings. The summed E-state index contributed by atoms with van der Waals surface area (Å²) in [6.07, 6.45) is 0.424. The first-order chi connectivity index (χ1) is 8.15. The maximum atomic E-state index is 11.6. The number of carbonyl (C=O) groups excluding carboxylic acids is 1. The third-order valence-corrected chi connectivity index (χ3v) is 2.25. The molecule has 0 fully saturated rings. The SMILES string of the molecule is [CH2]CCCC(OC(=O)c1ccccc1)C(=O)O. The van der Waals surface area contributed by atoms with Crippen molar-refractivity contribution in [3.8, 4) is 0 Å². The van der Waals surface area contributed by atoms with Gasteiger partial charge in [0.2, 0.25) is 0 Å². The highest BCUT2D eigenvalue weighted by atomic mass is 16.6. The van der Waals surface area contributed by atoms with Crippen molar-refractivity contribution in [2.24, 2.45) is 0 Å². The van der Waals surface area contributed by atoms with Crippen LogP contribution in [0, 0.1) is 6.92 Å². The van der Waals surface area contributed by atoms with Crippen LogP contribution in [0.15, 0.2) is 30.3 Å². The zero-order valence-electron chi connectivity index (χ0n) is 9.46. The Balaban J connectivity index is 2.61. The fourth-order valence-electron chi connectivity index (χ4n) is 1.33. The molecule has 0 heterocycles. The summed E-state index contributed by atoms with van der Waals surface area (Å²) in [6, 6.07) is 8.34. The van der Waals surface area contributed by atoms with Crippen molar-refractivity contribution in [1.82, 2.24) is 0 Å². The van der Waals surface area contributed by atoms with E-state index in [2.05, 4.69) is 6.92 Å². The average molecular weight is 235 g/mol. The van der Waals surface area contributed by atoms with Gasteiger partial charge in [-0.3, -0.25) is 0 Å². The second-order valence-corrected chi connectivity index (χ2v) is 3.59. The van der Waals surface area contributed by atoms with E-state index in [1.165, 1.54) is 0 Å². The molecule has 0 spiro atoms. The molecule has 0 saturated carbocycles. The van der Waals surface area contributed by atoms with E-state index in [1.54, 1.807) is 30.3 Å². The molecule has 17 heavy (non-hydrogen) atoms. The number of hydrogen-bond donors (Lipinski definition) is 1. The van der Waals surface area contributed by atoms with Crippen molar-refractivity contribution >= 4 is 11.9 Å².